The Balaban J connectivity index is 2.36. The van der Waals surface area contributed by atoms with Crippen molar-refractivity contribution in [1.29, 1.82) is 0 Å². The van der Waals surface area contributed by atoms with Gasteiger partial charge in [-0.25, -0.2) is 0 Å². The summed E-state index contributed by atoms with van der Waals surface area (Å²) in [6, 6.07) is 6.17. The van der Waals surface area contributed by atoms with Gasteiger partial charge in [-0.05, 0) is 69.9 Å². The molecule has 2 rings (SSSR count). The Bertz CT molecular complexity index is 581. The number of rotatable bonds is 5. The van der Waals surface area contributed by atoms with Crippen molar-refractivity contribution < 1.29 is 9.31 Å². The topological polar surface area (TPSA) is 56.5 Å². The first-order valence-corrected chi connectivity index (χ1v) is 8.29. The number of nitrogens with two attached hydrogens (primary N) is 1. The van der Waals surface area contributed by atoms with Crippen LogP contribution in [0.1, 0.15) is 45.7 Å². The van der Waals surface area contributed by atoms with Crippen LogP contribution in [0.3, 0.4) is 0 Å². The fraction of sp³-hybridized carbons (Fsp3) is 0.556. The molecular formula is C18H29BN2O2. The van der Waals surface area contributed by atoms with Crippen LogP contribution in [0.5, 0.6) is 0 Å². The van der Waals surface area contributed by atoms with Crippen molar-refractivity contribution in [3.63, 3.8) is 0 Å². The second-order valence-corrected chi connectivity index (χ2v) is 7.15. The predicted molar refractivity (Wildman–Crippen MR) is 98.2 cm³/mol. The van der Waals surface area contributed by atoms with E-state index in [0.29, 0.717) is 6.54 Å². The molecule has 0 aliphatic carbocycles. The zero-order valence-electron chi connectivity index (χ0n) is 15.2. The van der Waals surface area contributed by atoms with E-state index in [1.54, 1.807) is 0 Å². The molecule has 1 aliphatic rings. The molecule has 5 heteroatoms. The summed E-state index contributed by atoms with van der Waals surface area (Å²) in [7, 11) is 1.56. The van der Waals surface area contributed by atoms with Crippen LogP contribution >= 0.6 is 0 Å². The van der Waals surface area contributed by atoms with Gasteiger partial charge in [0.1, 0.15) is 0 Å². The summed E-state index contributed by atoms with van der Waals surface area (Å²) in [6.45, 7) is 11.1. The SMILES string of the molecule is CCc1ccc(N)c(C=C(CNC)B2OC(C)(C)C(C)(C)O2)c1. The van der Waals surface area contributed by atoms with E-state index in [1.807, 2.05) is 13.1 Å². The van der Waals surface area contributed by atoms with Crippen LogP contribution in [0, 0.1) is 0 Å². The Morgan fingerprint density at radius 1 is 1.22 bits per heavy atom. The molecule has 126 valence electrons. The number of aryl methyl sites for hydroxylation is 1. The molecule has 3 N–H and O–H groups in total. The van der Waals surface area contributed by atoms with Crippen molar-refractivity contribution >= 4 is 18.9 Å². The molecule has 0 spiro atoms. The molecule has 1 heterocycles. The quantitative estimate of drug-likeness (QED) is 0.647. The molecule has 1 aromatic carbocycles. The van der Waals surface area contributed by atoms with E-state index >= 15 is 0 Å². The maximum absolute atomic E-state index is 6.18. The summed E-state index contributed by atoms with van der Waals surface area (Å²) in [4.78, 5) is 0. The number of hydrogen-bond donors (Lipinski definition) is 2. The Hall–Kier alpha value is -1.30. The van der Waals surface area contributed by atoms with E-state index in [1.165, 1.54) is 5.56 Å². The highest BCUT2D eigenvalue weighted by Gasteiger charge is 2.52. The van der Waals surface area contributed by atoms with Crippen LogP contribution in [0.2, 0.25) is 0 Å². The van der Waals surface area contributed by atoms with Crippen molar-refractivity contribution in [2.45, 2.75) is 52.2 Å². The number of nitrogen functional groups attached to an aromatic ring is 1. The molecule has 0 radical (unpaired) electrons. The largest absolute Gasteiger partial charge is 0.491 e. The van der Waals surface area contributed by atoms with Crippen molar-refractivity contribution in [1.82, 2.24) is 5.32 Å². The van der Waals surface area contributed by atoms with E-state index in [2.05, 4.69) is 58.1 Å². The molecule has 0 unspecified atom stereocenters. The van der Waals surface area contributed by atoms with Gasteiger partial charge in [0, 0.05) is 12.2 Å². The molecule has 0 atom stereocenters. The molecule has 1 aliphatic heterocycles. The lowest BCUT2D eigenvalue weighted by Crippen LogP contribution is -2.41. The molecule has 1 aromatic rings. The number of benzene rings is 1. The summed E-state index contributed by atoms with van der Waals surface area (Å²) in [5, 5.41) is 3.20. The number of nitrogens with one attached hydrogen (secondary N) is 1. The summed E-state index contributed by atoms with van der Waals surface area (Å²) < 4.78 is 12.4. The molecular weight excluding hydrogens is 287 g/mol. The van der Waals surface area contributed by atoms with Crippen LogP contribution in [-0.2, 0) is 15.7 Å². The average Bonchev–Trinajstić information content (AvgIpc) is 2.69. The molecule has 1 fully saturated rings. The number of anilines is 1. The minimum atomic E-state index is -0.364. The number of likely N-dealkylation sites (N-methyl/N-ethyl adjacent to an activating group) is 1. The van der Waals surface area contributed by atoms with Gasteiger partial charge in [-0.1, -0.05) is 19.1 Å². The Morgan fingerprint density at radius 3 is 2.35 bits per heavy atom. The zero-order valence-corrected chi connectivity index (χ0v) is 15.2. The smallest absolute Gasteiger partial charge is 0.400 e. The molecule has 0 aromatic heterocycles. The zero-order chi connectivity index (χ0) is 17.3. The fourth-order valence-corrected chi connectivity index (χ4v) is 2.57. The van der Waals surface area contributed by atoms with E-state index in [0.717, 1.165) is 23.1 Å². The minimum absolute atomic E-state index is 0.346. The van der Waals surface area contributed by atoms with Crippen LogP contribution < -0.4 is 11.1 Å². The highest BCUT2D eigenvalue weighted by atomic mass is 16.7. The van der Waals surface area contributed by atoms with E-state index in [9.17, 15) is 0 Å². The standard InChI is InChI=1S/C18H29BN2O2/c1-7-13-8-9-16(20)14(10-13)11-15(12-21-6)19-22-17(2,3)18(4,5)23-19/h8-11,21H,7,12,20H2,1-6H3. The summed E-state index contributed by atoms with van der Waals surface area (Å²) >= 11 is 0. The summed E-state index contributed by atoms with van der Waals surface area (Å²) in [6.07, 6.45) is 3.08. The Kier molecular flexibility index (Phi) is 5.24. The van der Waals surface area contributed by atoms with E-state index in [4.69, 9.17) is 15.0 Å². The average molecular weight is 316 g/mol. The third kappa shape index (κ3) is 3.79. The minimum Gasteiger partial charge on any atom is -0.400 e. The van der Waals surface area contributed by atoms with Gasteiger partial charge >= 0.3 is 7.12 Å². The molecule has 0 bridgehead atoms. The Labute approximate surface area is 140 Å². The predicted octanol–water partition coefficient (Wildman–Crippen LogP) is 3.07. The molecule has 0 saturated carbocycles. The van der Waals surface area contributed by atoms with E-state index < -0.39 is 0 Å². The van der Waals surface area contributed by atoms with Crippen molar-refractivity contribution in [3.05, 3.63) is 34.8 Å². The van der Waals surface area contributed by atoms with Gasteiger partial charge in [0.2, 0.25) is 0 Å². The van der Waals surface area contributed by atoms with Crippen LogP contribution in [0.4, 0.5) is 5.69 Å². The normalized spacial score (nSPS) is 20.1. The first-order valence-electron chi connectivity index (χ1n) is 8.29. The van der Waals surface area contributed by atoms with Crippen LogP contribution in [-0.4, -0.2) is 31.9 Å². The summed E-state index contributed by atoms with van der Waals surface area (Å²) in [5.41, 5.74) is 9.56. The highest BCUT2D eigenvalue weighted by molar-refractivity contribution is 6.56. The second kappa shape index (κ2) is 6.67. The molecule has 4 nitrogen and oxygen atoms in total. The van der Waals surface area contributed by atoms with Gasteiger partial charge in [0.15, 0.2) is 0 Å². The van der Waals surface area contributed by atoms with Crippen molar-refractivity contribution in [2.24, 2.45) is 0 Å². The van der Waals surface area contributed by atoms with Gasteiger partial charge in [-0.3, -0.25) is 0 Å². The molecule has 1 saturated heterocycles. The first kappa shape index (κ1) is 18.0. The van der Waals surface area contributed by atoms with E-state index in [-0.39, 0.29) is 18.3 Å². The lowest BCUT2D eigenvalue weighted by Gasteiger charge is -2.32. The van der Waals surface area contributed by atoms with Crippen molar-refractivity contribution in [2.75, 3.05) is 19.3 Å². The van der Waals surface area contributed by atoms with Gasteiger partial charge in [-0.15, -0.1) is 0 Å². The van der Waals surface area contributed by atoms with Gasteiger partial charge in [0.25, 0.3) is 0 Å². The highest BCUT2D eigenvalue weighted by Crippen LogP contribution is 2.38. The molecule has 23 heavy (non-hydrogen) atoms. The summed E-state index contributed by atoms with van der Waals surface area (Å²) in [5.74, 6) is 0. The van der Waals surface area contributed by atoms with Gasteiger partial charge in [0.05, 0.1) is 11.2 Å². The van der Waals surface area contributed by atoms with Gasteiger partial charge in [-0.2, -0.15) is 0 Å². The number of hydrogen-bond acceptors (Lipinski definition) is 4. The third-order valence-electron chi connectivity index (χ3n) is 4.84. The fourth-order valence-electron chi connectivity index (χ4n) is 2.57. The monoisotopic (exact) mass is 316 g/mol. The maximum Gasteiger partial charge on any atom is 0.491 e. The van der Waals surface area contributed by atoms with Gasteiger partial charge < -0.3 is 20.4 Å². The Morgan fingerprint density at radius 2 is 1.83 bits per heavy atom. The first-order chi connectivity index (χ1) is 10.7. The lowest BCUT2D eigenvalue weighted by molar-refractivity contribution is 0.00578. The van der Waals surface area contributed by atoms with Crippen molar-refractivity contribution in [3.8, 4) is 0 Å². The van der Waals surface area contributed by atoms with Crippen LogP contribution in [0.15, 0.2) is 23.7 Å². The second-order valence-electron chi connectivity index (χ2n) is 7.15. The lowest BCUT2D eigenvalue weighted by atomic mass is 9.76. The van der Waals surface area contributed by atoms with Crippen LogP contribution in [0.25, 0.3) is 6.08 Å². The molecule has 0 amide bonds. The third-order valence-corrected chi connectivity index (χ3v) is 4.84. The maximum atomic E-state index is 6.18.